The highest BCUT2D eigenvalue weighted by Crippen LogP contribution is 2.17. The second-order valence-corrected chi connectivity index (χ2v) is 2.85. The van der Waals surface area contributed by atoms with Crippen LogP contribution in [0.25, 0.3) is 10.9 Å². The van der Waals surface area contributed by atoms with Gasteiger partial charge in [-0.15, -0.1) is 0 Å². The second kappa shape index (κ2) is 2.12. The zero-order valence-electron chi connectivity index (χ0n) is 7.76. The number of aryl methyl sites for hydroxylation is 2. The van der Waals surface area contributed by atoms with Crippen LogP contribution in [0.2, 0.25) is 0 Å². The minimum atomic E-state index is 0.616. The summed E-state index contributed by atoms with van der Waals surface area (Å²) in [5.74, 6) is 0. The Labute approximate surface area is 67.7 Å². The maximum atomic E-state index is 7.70. The Morgan fingerprint density at radius 1 is 1.45 bits per heavy atom. The van der Waals surface area contributed by atoms with Gasteiger partial charge in [0.1, 0.15) is 0 Å². The largest absolute Gasteiger partial charge is 0.351 e. The van der Waals surface area contributed by atoms with Crippen molar-refractivity contribution in [3.05, 3.63) is 36.0 Å². The number of hydrogen-bond donors (Lipinski definition) is 0. The smallest absolute Gasteiger partial charge is 0.0645 e. The Bertz CT molecular complexity index is 429. The lowest BCUT2D eigenvalue weighted by Gasteiger charge is -1.96. The average molecular weight is 147 g/mol. The third-order valence-corrected chi connectivity index (χ3v) is 2.03. The van der Waals surface area contributed by atoms with Crippen LogP contribution in [0.1, 0.15) is 6.93 Å². The van der Waals surface area contributed by atoms with Gasteiger partial charge in [-0.05, 0) is 24.6 Å². The summed E-state index contributed by atoms with van der Waals surface area (Å²) in [4.78, 5) is 0. The fourth-order valence-corrected chi connectivity index (χ4v) is 1.36. The van der Waals surface area contributed by atoms with E-state index in [0.717, 1.165) is 10.9 Å². The summed E-state index contributed by atoms with van der Waals surface area (Å²) in [7, 11) is 1.97. The van der Waals surface area contributed by atoms with Crippen molar-refractivity contribution in [1.29, 1.82) is 0 Å². The van der Waals surface area contributed by atoms with Gasteiger partial charge >= 0.3 is 0 Å². The molecule has 0 unspecified atom stereocenters. The summed E-state index contributed by atoms with van der Waals surface area (Å²) in [5, 5.41) is 1.07. The molecule has 2 rings (SSSR count). The van der Waals surface area contributed by atoms with E-state index < -0.39 is 0 Å². The molecule has 1 aromatic heterocycles. The molecular weight excluding hydrogens is 134 g/mol. The zero-order chi connectivity index (χ0) is 8.72. The van der Waals surface area contributed by atoms with E-state index in [9.17, 15) is 0 Å². The molecule has 0 saturated heterocycles. The zero-order valence-corrected chi connectivity index (χ0v) is 6.76. The Balaban J connectivity index is 2.99. The molecular formula is C10H11N. The van der Waals surface area contributed by atoms with Gasteiger partial charge in [-0.25, -0.2) is 0 Å². The molecule has 0 saturated carbocycles. The first-order chi connectivity index (χ1) is 5.70. The number of fused-ring (bicyclic) bond motifs is 1. The Morgan fingerprint density at radius 3 is 3.00 bits per heavy atom. The van der Waals surface area contributed by atoms with Gasteiger partial charge in [-0.3, -0.25) is 0 Å². The van der Waals surface area contributed by atoms with Crippen LogP contribution in [0.5, 0.6) is 0 Å². The molecule has 0 aliphatic carbocycles. The molecule has 0 bridgehead atoms. The highest BCUT2D eigenvalue weighted by atomic mass is 14.9. The first-order valence-electron chi connectivity index (χ1n) is 4.21. The van der Waals surface area contributed by atoms with Gasteiger partial charge in [-0.1, -0.05) is 12.1 Å². The molecule has 2 aromatic rings. The monoisotopic (exact) mass is 147 g/mol. The normalized spacial score (nSPS) is 12.0. The molecule has 0 fully saturated rings. The van der Waals surface area contributed by atoms with Gasteiger partial charge in [0.2, 0.25) is 0 Å². The number of rotatable bonds is 0. The highest BCUT2D eigenvalue weighted by Gasteiger charge is 1.97. The van der Waals surface area contributed by atoms with Crippen LogP contribution < -0.4 is 0 Å². The first kappa shape index (κ1) is 5.42. The summed E-state index contributed by atoms with van der Waals surface area (Å²) in [6.07, 6.45) is 1.84. The molecule has 0 aliphatic rings. The van der Waals surface area contributed by atoms with E-state index in [1.807, 2.05) is 42.9 Å². The lowest BCUT2D eigenvalue weighted by atomic mass is 10.1. The Morgan fingerprint density at radius 2 is 2.27 bits per heavy atom. The molecule has 0 aliphatic heterocycles. The van der Waals surface area contributed by atoms with Crippen molar-refractivity contribution in [2.24, 2.45) is 7.05 Å². The van der Waals surface area contributed by atoms with Crippen molar-refractivity contribution in [2.75, 3.05) is 0 Å². The number of hydrogen-bond acceptors (Lipinski definition) is 0. The van der Waals surface area contributed by atoms with Gasteiger partial charge < -0.3 is 4.57 Å². The van der Waals surface area contributed by atoms with E-state index in [2.05, 4.69) is 0 Å². The van der Waals surface area contributed by atoms with Gasteiger partial charge in [0.05, 0.1) is 1.37 Å². The van der Waals surface area contributed by atoms with Gasteiger partial charge in [0, 0.05) is 24.1 Å². The van der Waals surface area contributed by atoms with Crippen LogP contribution in [0.3, 0.4) is 0 Å². The Kier molecular flexibility index (Phi) is 1.05. The molecule has 11 heavy (non-hydrogen) atoms. The van der Waals surface area contributed by atoms with Crippen molar-refractivity contribution < 1.29 is 1.37 Å². The predicted octanol–water partition coefficient (Wildman–Crippen LogP) is 2.49. The molecule has 56 valence electrons. The molecule has 0 N–H and O–H groups in total. The lowest BCUT2D eigenvalue weighted by Crippen LogP contribution is -1.83. The lowest BCUT2D eigenvalue weighted by molar-refractivity contribution is 0.969. The summed E-state index contributed by atoms with van der Waals surface area (Å²) >= 11 is 0. The summed E-state index contributed by atoms with van der Waals surface area (Å²) in [6.45, 7) is 2.04. The highest BCUT2D eigenvalue weighted by molar-refractivity contribution is 5.83. The van der Waals surface area contributed by atoms with Crippen molar-refractivity contribution in [1.82, 2.24) is 4.57 Å². The maximum absolute atomic E-state index is 7.70. The standard InChI is InChI=1S/C10H11N/c1-8-4-3-5-10-9(8)6-7-11(10)2/h3-7H,1-2H3/i6T. The van der Waals surface area contributed by atoms with E-state index in [4.69, 9.17) is 1.37 Å². The van der Waals surface area contributed by atoms with Gasteiger partial charge in [-0.2, -0.15) is 0 Å². The molecule has 1 heteroatoms. The molecule has 0 radical (unpaired) electrons. The molecule has 0 atom stereocenters. The molecule has 1 heterocycles. The van der Waals surface area contributed by atoms with Gasteiger partial charge in [0.25, 0.3) is 0 Å². The van der Waals surface area contributed by atoms with E-state index in [0.29, 0.717) is 6.04 Å². The van der Waals surface area contributed by atoms with Crippen molar-refractivity contribution in [2.45, 2.75) is 6.92 Å². The predicted molar refractivity (Wildman–Crippen MR) is 47.7 cm³/mol. The number of benzene rings is 1. The SMILES string of the molecule is [3H]c1cn(C)c2cccc(C)c12. The van der Waals surface area contributed by atoms with Crippen LogP contribution in [-0.4, -0.2) is 4.57 Å². The topological polar surface area (TPSA) is 4.93 Å². The summed E-state index contributed by atoms with van der Waals surface area (Å²) in [6, 6.07) is 6.73. The van der Waals surface area contributed by atoms with E-state index >= 15 is 0 Å². The molecule has 1 nitrogen and oxygen atoms in total. The Hall–Kier alpha value is -1.24. The van der Waals surface area contributed by atoms with Crippen molar-refractivity contribution >= 4 is 10.9 Å². The number of nitrogens with zero attached hydrogens (tertiary/aromatic N) is 1. The van der Waals surface area contributed by atoms with Gasteiger partial charge in [0.15, 0.2) is 0 Å². The minimum absolute atomic E-state index is 0.616. The van der Waals surface area contributed by atoms with E-state index in [1.165, 1.54) is 5.56 Å². The van der Waals surface area contributed by atoms with E-state index in [-0.39, 0.29) is 0 Å². The summed E-state index contributed by atoms with van der Waals surface area (Å²) < 4.78 is 9.70. The van der Waals surface area contributed by atoms with E-state index in [1.54, 1.807) is 0 Å². The maximum Gasteiger partial charge on any atom is 0.0645 e. The third-order valence-electron chi connectivity index (χ3n) is 2.03. The molecule has 0 spiro atoms. The van der Waals surface area contributed by atoms with Crippen LogP contribution in [0.15, 0.2) is 30.4 Å². The van der Waals surface area contributed by atoms with Crippen LogP contribution in [-0.2, 0) is 7.05 Å². The third kappa shape index (κ3) is 0.845. The first-order valence-corrected chi connectivity index (χ1v) is 3.71. The molecule has 1 aromatic carbocycles. The fourth-order valence-electron chi connectivity index (χ4n) is 1.36. The van der Waals surface area contributed by atoms with Crippen LogP contribution in [0, 0.1) is 6.92 Å². The number of aromatic nitrogens is 1. The molecule has 0 amide bonds. The van der Waals surface area contributed by atoms with Crippen molar-refractivity contribution in [3.8, 4) is 0 Å². The minimum Gasteiger partial charge on any atom is -0.351 e. The average Bonchev–Trinajstić information content (AvgIpc) is 2.29. The summed E-state index contributed by atoms with van der Waals surface area (Å²) in [5.41, 5.74) is 2.32. The van der Waals surface area contributed by atoms with Crippen molar-refractivity contribution in [3.63, 3.8) is 0 Å². The quantitative estimate of drug-likeness (QED) is 0.539. The van der Waals surface area contributed by atoms with Crippen LogP contribution in [0.4, 0.5) is 0 Å². The fraction of sp³-hybridized carbons (Fsp3) is 0.200. The van der Waals surface area contributed by atoms with Crippen LogP contribution >= 0.6 is 0 Å². The second-order valence-electron chi connectivity index (χ2n) is 2.85.